The Balaban J connectivity index is 1.51. The monoisotopic (exact) mass is 391 g/mol. The number of nitrogens with one attached hydrogen (secondary N) is 2. The van der Waals surface area contributed by atoms with Gasteiger partial charge in [-0.05, 0) is 22.9 Å². The highest BCUT2D eigenvalue weighted by Crippen LogP contribution is 2.42. The highest BCUT2D eigenvalue weighted by molar-refractivity contribution is 7.91. The molecule has 6 nitrogen and oxygen atoms in total. The minimum absolute atomic E-state index is 0.00468. The van der Waals surface area contributed by atoms with Crippen LogP contribution in [-0.2, 0) is 14.8 Å². The van der Waals surface area contributed by atoms with E-state index in [2.05, 4.69) is 10.0 Å². The lowest BCUT2D eigenvalue weighted by Crippen LogP contribution is -2.41. The van der Waals surface area contributed by atoms with Gasteiger partial charge in [-0.1, -0.05) is 36.4 Å². The molecule has 0 saturated carbocycles. The third-order valence-electron chi connectivity index (χ3n) is 5.20. The summed E-state index contributed by atoms with van der Waals surface area (Å²) in [7, 11) is -3.63. The molecule has 8 heteroatoms. The van der Waals surface area contributed by atoms with E-state index in [4.69, 9.17) is 0 Å². The van der Waals surface area contributed by atoms with E-state index in [-0.39, 0.29) is 22.7 Å². The van der Waals surface area contributed by atoms with E-state index in [0.717, 1.165) is 30.0 Å². The van der Waals surface area contributed by atoms with Gasteiger partial charge in [0.05, 0.1) is 12.6 Å². The molecule has 1 aromatic carbocycles. The molecular weight excluding hydrogens is 370 g/mol. The first-order valence-corrected chi connectivity index (χ1v) is 11.0. The van der Waals surface area contributed by atoms with Gasteiger partial charge in [0.1, 0.15) is 4.21 Å². The Morgan fingerprint density at radius 2 is 2.00 bits per heavy atom. The first kappa shape index (κ1) is 17.7. The highest BCUT2D eigenvalue weighted by Gasteiger charge is 2.46. The van der Waals surface area contributed by atoms with Crippen LogP contribution >= 0.6 is 11.3 Å². The molecule has 2 fully saturated rings. The molecule has 0 aliphatic carbocycles. The van der Waals surface area contributed by atoms with Gasteiger partial charge in [0, 0.05) is 25.6 Å². The maximum atomic E-state index is 12.9. The SMILES string of the molecule is O=C(CNS(=O)(=O)c1cccs1)N1C[C@@H]2CNC[C@@H]2[C@@H]1c1ccccc1. The third-order valence-corrected chi connectivity index (χ3v) is 8.00. The molecule has 1 aromatic heterocycles. The van der Waals surface area contributed by atoms with Gasteiger partial charge in [0.25, 0.3) is 10.0 Å². The van der Waals surface area contributed by atoms with Gasteiger partial charge in [-0.2, -0.15) is 0 Å². The number of likely N-dealkylation sites (tertiary alicyclic amines) is 1. The van der Waals surface area contributed by atoms with E-state index < -0.39 is 10.0 Å². The van der Waals surface area contributed by atoms with Crippen LogP contribution in [0, 0.1) is 11.8 Å². The second-order valence-corrected chi connectivity index (χ2v) is 9.68. The lowest BCUT2D eigenvalue weighted by molar-refractivity contribution is -0.131. The molecule has 2 aromatic rings. The Bertz CT molecular complexity index is 868. The van der Waals surface area contributed by atoms with Crippen molar-refractivity contribution >= 4 is 27.3 Å². The van der Waals surface area contributed by atoms with Crippen molar-refractivity contribution in [2.24, 2.45) is 11.8 Å². The summed E-state index contributed by atoms with van der Waals surface area (Å²) in [6.07, 6.45) is 0. The summed E-state index contributed by atoms with van der Waals surface area (Å²) >= 11 is 1.14. The number of hydrogen-bond donors (Lipinski definition) is 2. The molecule has 2 aliphatic heterocycles. The molecule has 0 unspecified atom stereocenters. The van der Waals surface area contributed by atoms with Crippen LogP contribution in [-0.4, -0.2) is 45.4 Å². The van der Waals surface area contributed by atoms with Crippen molar-refractivity contribution in [3.8, 4) is 0 Å². The zero-order chi connectivity index (χ0) is 18.1. The number of amides is 1. The number of carbonyl (C=O) groups excluding carboxylic acids is 1. The summed E-state index contributed by atoms with van der Waals surface area (Å²) < 4.78 is 27.2. The fourth-order valence-electron chi connectivity index (χ4n) is 4.00. The van der Waals surface area contributed by atoms with Crippen molar-refractivity contribution in [1.29, 1.82) is 0 Å². The summed E-state index contributed by atoms with van der Waals surface area (Å²) in [4.78, 5) is 14.7. The Morgan fingerprint density at radius 3 is 2.73 bits per heavy atom. The van der Waals surface area contributed by atoms with Gasteiger partial charge in [0.2, 0.25) is 5.91 Å². The number of sulfonamides is 1. The molecule has 2 saturated heterocycles. The summed E-state index contributed by atoms with van der Waals surface area (Å²) in [6.45, 7) is 2.24. The van der Waals surface area contributed by atoms with Crippen LogP contribution < -0.4 is 10.0 Å². The summed E-state index contributed by atoms with van der Waals surface area (Å²) in [5, 5.41) is 5.12. The van der Waals surface area contributed by atoms with Gasteiger partial charge in [-0.15, -0.1) is 11.3 Å². The predicted octanol–water partition coefficient (Wildman–Crippen LogP) is 1.45. The number of fused-ring (bicyclic) bond motifs is 1. The standard InChI is InChI=1S/C18H21N3O3S2/c22-16(11-20-26(23,24)17-7-4-8-25-17)21-12-14-9-19-10-15(14)18(21)13-5-2-1-3-6-13/h1-8,14-15,18-20H,9-12H2/t14-,15-,18-/m0/s1. The Labute approximate surface area is 157 Å². The van der Waals surface area contributed by atoms with Crippen molar-refractivity contribution in [3.63, 3.8) is 0 Å². The Morgan fingerprint density at radius 1 is 1.19 bits per heavy atom. The van der Waals surface area contributed by atoms with Gasteiger partial charge in [-0.25, -0.2) is 13.1 Å². The molecule has 1 amide bonds. The van der Waals surface area contributed by atoms with Crippen LogP contribution in [0.15, 0.2) is 52.1 Å². The minimum atomic E-state index is -3.63. The lowest BCUT2D eigenvalue weighted by atomic mass is 9.89. The number of hydrogen-bond acceptors (Lipinski definition) is 5. The molecule has 0 spiro atoms. The average molecular weight is 392 g/mol. The van der Waals surface area contributed by atoms with Crippen molar-refractivity contribution < 1.29 is 13.2 Å². The van der Waals surface area contributed by atoms with Gasteiger partial charge < -0.3 is 10.2 Å². The average Bonchev–Trinajstić information content (AvgIpc) is 3.36. The quantitative estimate of drug-likeness (QED) is 0.809. The normalized spacial score (nSPS) is 25.4. The molecule has 2 aliphatic rings. The smallest absolute Gasteiger partial charge is 0.250 e. The molecule has 3 atom stereocenters. The van der Waals surface area contributed by atoms with E-state index in [1.165, 1.54) is 6.07 Å². The van der Waals surface area contributed by atoms with Crippen LogP contribution in [0.5, 0.6) is 0 Å². The fraction of sp³-hybridized carbons (Fsp3) is 0.389. The topological polar surface area (TPSA) is 78.5 Å². The van der Waals surface area contributed by atoms with Crippen LogP contribution in [0.25, 0.3) is 0 Å². The number of carbonyl (C=O) groups is 1. The summed E-state index contributed by atoms with van der Waals surface area (Å²) in [5.74, 6) is 0.613. The largest absolute Gasteiger partial charge is 0.334 e. The molecule has 0 radical (unpaired) electrons. The maximum Gasteiger partial charge on any atom is 0.250 e. The van der Waals surface area contributed by atoms with Crippen LogP contribution in [0.3, 0.4) is 0 Å². The zero-order valence-electron chi connectivity index (χ0n) is 14.2. The van der Waals surface area contributed by atoms with Gasteiger partial charge in [0.15, 0.2) is 0 Å². The number of thiophene rings is 1. The predicted molar refractivity (Wildman–Crippen MR) is 100 cm³/mol. The molecule has 138 valence electrons. The maximum absolute atomic E-state index is 12.9. The van der Waals surface area contributed by atoms with E-state index in [1.54, 1.807) is 11.4 Å². The van der Waals surface area contributed by atoms with Crippen molar-refractivity contribution in [2.75, 3.05) is 26.2 Å². The molecule has 2 N–H and O–H groups in total. The molecule has 3 heterocycles. The molecule has 0 bridgehead atoms. The Kier molecular flexibility index (Phi) is 4.83. The van der Waals surface area contributed by atoms with Crippen LogP contribution in [0.4, 0.5) is 0 Å². The lowest BCUT2D eigenvalue weighted by Gasteiger charge is -2.28. The van der Waals surface area contributed by atoms with Crippen LogP contribution in [0.2, 0.25) is 0 Å². The fourth-order valence-corrected chi connectivity index (χ4v) is 6.01. The third kappa shape index (κ3) is 3.29. The van der Waals surface area contributed by atoms with Crippen molar-refractivity contribution in [3.05, 3.63) is 53.4 Å². The van der Waals surface area contributed by atoms with Gasteiger partial charge >= 0.3 is 0 Å². The highest BCUT2D eigenvalue weighted by atomic mass is 32.2. The number of rotatable bonds is 5. The first-order valence-electron chi connectivity index (χ1n) is 8.64. The number of benzene rings is 1. The van der Waals surface area contributed by atoms with Crippen LogP contribution in [0.1, 0.15) is 11.6 Å². The van der Waals surface area contributed by atoms with E-state index in [1.807, 2.05) is 35.2 Å². The van der Waals surface area contributed by atoms with E-state index >= 15 is 0 Å². The molecule has 26 heavy (non-hydrogen) atoms. The van der Waals surface area contributed by atoms with E-state index in [0.29, 0.717) is 18.4 Å². The van der Waals surface area contributed by atoms with Crippen molar-refractivity contribution in [1.82, 2.24) is 14.9 Å². The molecular formula is C18H21N3O3S2. The number of nitrogens with zero attached hydrogens (tertiary/aromatic N) is 1. The second kappa shape index (κ2) is 7.11. The summed E-state index contributed by atoms with van der Waals surface area (Å²) in [6, 6.07) is 13.2. The molecule has 4 rings (SSSR count). The Hall–Kier alpha value is -1.74. The second-order valence-electron chi connectivity index (χ2n) is 6.74. The van der Waals surface area contributed by atoms with Gasteiger partial charge in [-0.3, -0.25) is 4.79 Å². The van der Waals surface area contributed by atoms with E-state index in [9.17, 15) is 13.2 Å². The van der Waals surface area contributed by atoms with Crippen molar-refractivity contribution in [2.45, 2.75) is 10.3 Å². The zero-order valence-corrected chi connectivity index (χ0v) is 15.8. The minimum Gasteiger partial charge on any atom is -0.334 e. The summed E-state index contributed by atoms with van der Waals surface area (Å²) in [5.41, 5.74) is 1.11. The first-order chi connectivity index (χ1) is 12.6.